The van der Waals surface area contributed by atoms with Crippen LogP contribution in [0.1, 0.15) is 35.3 Å². The molecule has 7 heteroatoms. The Labute approximate surface area is 159 Å². The summed E-state index contributed by atoms with van der Waals surface area (Å²) in [7, 11) is 0. The number of carbonyl (C=O) groups is 1. The fraction of sp³-hybridized carbons (Fsp3) is 0.789. The monoisotopic (exact) mass is 379 g/mol. The van der Waals surface area contributed by atoms with Gasteiger partial charge in [-0.3, -0.25) is 9.69 Å². The third kappa shape index (κ3) is 3.30. The molecule has 1 N–H and O–H groups in total. The zero-order chi connectivity index (χ0) is 18.3. The summed E-state index contributed by atoms with van der Waals surface area (Å²) in [6, 6.07) is 0. The van der Waals surface area contributed by atoms with Crippen LogP contribution in [-0.2, 0) is 20.8 Å². The molecular weight excluding hydrogens is 350 g/mol. The molecule has 0 radical (unpaired) electrons. The first kappa shape index (κ1) is 18.3. The molecule has 4 rings (SSSR count). The first-order valence-electron chi connectivity index (χ1n) is 9.68. The third-order valence-corrected chi connectivity index (χ3v) is 7.32. The van der Waals surface area contributed by atoms with E-state index in [1.165, 1.54) is 9.88 Å². The maximum atomic E-state index is 11.9. The van der Waals surface area contributed by atoms with E-state index in [0.29, 0.717) is 31.1 Å². The van der Waals surface area contributed by atoms with Gasteiger partial charge in [-0.05, 0) is 33.6 Å². The fourth-order valence-electron chi connectivity index (χ4n) is 4.96. The molecule has 2 bridgehead atoms. The van der Waals surface area contributed by atoms with Crippen LogP contribution in [0.4, 0.5) is 0 Å². The van der Waals surface area contributed by atoms with Crippen LogP contribution in [0.15, 0.2) is 0 Å². The van der Waals surface area contributed by atoms with Crippen molar-refractivity contribution in [3.63, 3.8) is 0 Å². The van der Waals surface area contributed by atoms with Gasteiger partial charge in [0.05, 0.1) is 23.9 Å². The van der Waals surface area contributed by atoms with Crippen molar-refractivity contribution in [1.29, 1.82) is 0 Å². The molecular formula is C19H29N3O3S. The van der Waals surface area contributed by atoms with Crippen LogP contribution < -0.4 is 5.32 Å². The fourth-order valence-corrected chi connectivity index (χ4v) is 5.93. The lowest BCUT2D eigenvalue weighted by Gasteiger charge is -2.29. The molecule has 4 heterocycles. The Bertz CT molecular complexity index is 659. The van der Waals surface area contributed by atoms with E-state index in [1.807, 2.05) is 6.92 Å². The number of aromatic nitrogens is 1. The summed E-state index contributed by atoms with van der Waals surface area (Å²) in [6.07, 6.45) is 2.57. The Kier molecular flexibility index (Phi) is 5.07. The van der Waals surface area contributed by atoms with Crippen LogP contribution in [0.5, 0.6) is 0 Å². The van der Waals surface area contributed by atoms with Gasteiger partial charge in [0.2, 0.25) is 5.91 Å². The van der Waals surface area contributed by atoms with Gasteiger partial charge in [0.25, 0.3) is 0 Å². The van der Waals surface area contributed by atoms with E-state index >= 15 is 0 Å². The van der Waals surface area contributed by atoms with Gasteiger partial charge in [0.1, 0.15) is 11.6 Å². The van der Waals surface area contributed by atoms with Crippen molar-refractivity contribution in [3.05, 3.63) is 15.6 Å². The molecule has 6 nitrogen and oxygen atoms in total. The Balaban J connectivity index is 1.37. The number of rotatable bonds is 7. The molecule has 3 fully saturated rings. The van der Waals surface area contributed by atoms with E-state index in [-0.39, 0.29) is 18.1 Å². The molecule has 1 amide bonds. The highest BCUT2D eigenvalue weighted by atomic mass is 32.1. The van der Waals surface area contributed by atoms with Gasteiger partial charge >= 0.3 is 0 Å². The molecule has 1 spiro atoms. The van der Waals surface area contributed by atoms with E-state index in [9.17, 15) is 4.79 Å². The molecule has 3 aliphatic rings. The topological polar surface area (TPSA) is 63.7 Å². The summed E-state index contributed by atoms with van der Waals surface area (Å²) in [5.74, 6) is 0.905. The second-order valence-electron chi connectivity index (χ2n) is 7.89. The first-order chi connectivity index (χ1) is 12.5. The average Bonchev–Trinajstić information content (AvgIpc) is 3.31. The van der Waals surface area contributed by atoms with Crippen LogP contribution >= 0.6 is 11.3 Å². The molecule has 1 aromatic rings. The van der Waals surface area contributed by atoms with E-state index in [4.69, 9.17) is 14.5 Å². The molecule has 0 unspecified atom stereocenters. The molecule has 0 aliphatic carbocycles. The quantitative estimate of drug-likeness (QED) is 0.784. The van der Waals surface area contributed by atoms with Gasteiger partial charge in [-0.2, -0.15) is 0 Å². The van der Waals surface area contributed by atoms with Gasteiger partial charge in [0.15, 0.2) is 0 Å². The van der Waals surface area contributed by atoms with E-state index in [0.717, 1.165) is 38.2 Å². The zero-order valence-electron chi connectivity index (χ0n) is 15.9. The lowest BCUT2D eigenvalue weighted by molar-refractivity contribution is -0.125. The number of amides is 1. The van der Waals surface area contributed by atoms with Crippen molar-refractivity contribution < 1.29 is 14.3 Å². The van der Waals surface area contributed by atoms with Crippen molar-refractivity contribution in [2.45, 2.75) is 51.9 Å². The Morgan fingerprint density at radius 2 is 2.35 bits per heavy atom. The maximum absolute atomic E-state index is 11.9. The standard InChI is InChI=1S/C19H29N3O3S/c1-4-24-10-17(23)20-7-14-15-8-22(9-18-21-12(2)13(3)26-18)11-19(15)6-5-16(14)25-19/h14-16H,4-11H2,1-3H3,(H,20,23)/t14-,15+,16+,19+/m0/s1. The van der Waals surface area contributed by atoms with Gasteiger partial charge in [-0.25, -0.2) is 4.98 Å². The minimum Gasteiger partial charge on any atom is -0.372 e. The van der Waals surface area contributed by atoms with Crippen LogP contribution in [0, 0.1) is 25.7 Å². The number of ether oxygens (including phenoxy) is 2. The van der Waals surface area contributed by atoms with Gasteiger partial charge < -0.3 is 14.8 Å². The van der Waals surface area contributed by atoms with E-state index in [1.54, 1.807) is 11.3 Å². The smallest absolute Gasteiger partial charge is 0.246 e. The van der Waals surface area contributed by atoms with Crippen LogP contribution in [-0.4, -0.2) is 60.3 Å². The number of aryl methyl sites for hydroxylation is 2. The van der Waals surface area contributed by atoms with Crippen molar-refractivity contribution in [3.8, 4) is 0 Å². The lowest BCUT2D eigenvalue weighted by Crippen LogP contribution is -2.42. The van der Waals surface area contributed by atoms with Crippen LogP contribution in [0.2, 0.25) is 0 Å². The highest BCUT2D eigenvalue weighted by Gasteiger charge is 2.62. The van der Waals surface area contributed by atoms with Crippen molar-refractivity contribution in [2.24, 2.45) is 11.8 Å². The summed E-state index contributed by atoms with van der Waals surface area (Å²) in [5, 5.41) is 4.26. The Hall–Kier alpha value is -1.02. The van der Waals surface area contributed by atoms with Gasteiger partial charge in [-0.15, -0.1) is 11.3 Å². The number of nitrogens with zero attached hydrogens (tertiary/aromatic N) is 2. The van der Waals surface area contributed by atoms with Crippen molar-refractivity contribution in [1.82, 2.24) is 15.2 Å². The molecule has 0 aromatic carbocycles. The normalized spacial score (nSPS) is 33.0. The summed E-state index contributed by atoms with van der Waals surface area (Å²) < 4.78 is 11.7. The average molecular weight is 380 g/mol. The number of nitrogens with one attached hydrogen (secondary N) is 1. The molecule has 4 atom stereocenters. The van der Waals surface area contributed by atoms with E-state index in [2.05, 4.69) is 24.1 Å². The third-order valence-electron chi connectivity index (χ3n) is 6.26. The maximum Gasteiger partial charge on any atom is 0.246 e. The molecule has 1 aromatic heterocycles. The molecule has 3 saturated heterocycles. The molecule has 26 heavy (non-hydrogen) atoms. The zero-order valence-corrected chi connectivity index (χ0v) is 16.7. The van der Waals surface area contributed by atoms with E-state index < -0.39 is 0 Å². The SMILES string of the molecule is CCOCC(=O)NC[C@H]1[C@H]2CN(Cc3nc(C)c(C)s3)C[C@]23CC[C@H]1O3. The Morgan fingerprint density at radius 1 is 1.50 bits per heavy atom. The number of likely N-dealkylation sites (tertiary alicyclic amines) is 1. The van der Waals surface area contributed by atoms with Gasteiger partial charge in [-0.1, -0.05) is 0 Å². The second kappa shape index (κ2) is 7.19. The minimum atomic E-state index is -0.0211. The minimum absolute atomic E-state index is 0.00132. The number of carbonyl (C=O) groups excluding carboxylic acids is 1. The Morgan fingerprint density at radius 3 is 3.08 bits per heavy atom. The summed E-state index contributed by atoms with van der Waals surface area (Å²) in [5.41, 5.74) is 1.15. The second-order valence-corrected chi connectivity index (χ2v) is 9.18. The highest BCUT2D eigenvalue weighted by Crippen LogP contribution is 2.54. The summed E-state index contributed by atoms with van der Waals surface area (Å²) in [6.45, 7) is 10.5. The summed E-state index contributed by atoms with van der Waals surface area (Å²) >= 11 is 1.80. The largest absolute Gasteiger partial charge is 0.372 e. The summed E-state index contributed by atoms with van der Waals surface area (Å²) in [4.78, 5) is 20.4. The van der Waals surface area contributed by atoms with Gasteiger partial charge in [0, 0.05) is 43.0 Å². The molecule has 144 valence electrons. The van der Waals surface area contributed by atoms with Crippen LogP contribution in [0.25, 0.3) is 0 Å². The van der Waals surface area contributed by atoms with Crippen LogP contribution in [0.3, 0.4) is 0 Å². The number of thiazole rings is 1. The predicted molar refractivity (Wildman–Crippen MR) is 100 cm³/mol. The lowest BCUT2D eigenvalue weighted by atomic mass is 9.73. The van der Waals surface area contributed by atoms with Crippen molar-refractivity contribution >= 4 is 17.2 Å². The molecule has 0 saturated carbocycles. The predicted octanol–water partition coefficient (Wildman–Crippen LogP) is 1.89. The first-order valence-corrected chi connectivity index (χ1v) is 10.5. The van der Waals surface area contributed by atoms with Crippen molar-refractivity contribution in [2.75, 3.05) is 32.8 Å². The number of hydrogen-bond donors (Lipinski definition) is 1. The number of hydrogen-bond acceptors (Lipinski definition) is 6. The number of fused-ring (bicyclic) bond motifs is 1. The molecule has 3 aliphatic heterocycles. The highest BCUT2D eigenvalue weighted by molar-refractivity contribution is 7.11.